The van der Waals surface area contributed by atoms with Gasteiger partial charge in [0.25, 0.3) is 0 Å². The van der Waals surface area contributed by atoms with Crippen molar-refractivity contribution in [2.24, 2.45) is 0 Å². The van der Waals surface area contributed by atoms with Crippen molar-refractivity contribution >= 4 is 27.3 Å². The third-order valence-corrected chi connectivity index (χ3v) is 5.03. The maximum atomic E-state index is 12.5. The Morgan fingerprint density at radius 1 is 1.57 bits per heavy atom. The van der Waals surface area contributed by atoms with E-state index in [-0.39, 0.29) is 11.9 Å². The van der Waals surface area contributed by atoms with Gasteiger partial charge in [0.15, 0.2) is 11.7 Å². The fraction of sp³-hybridized carbons (Fsp3) is 0.471. The van der Waals surface area contributed by atoms with Crippen LogP contribution in [0.5, 0.6) is 0 Å². The van der Waals surface area contributed by atoms with Crippen LogP contribution in [-0.2, 0) is 14.3 Å². The number of nitriles is 1. The molecule has 23 heavy (non-hydrogen) atoms. The first-order valence-electron chi connectivity index (χ1n) is 7.71. The van der Waals surface area contributed by atoms with E-state index in [0.717, 1.165) is 29.7 Å². The lowest BCUT2D eigenvalue weighted by molar-refractivity contribution is -0.131. The highest BCUT2D eigenvalue weighted by Crippen LogP contribution is 2.28. The van der Waals surface area contributed by atoms with E-state index in [2.05, 4.69) is 11.1 Å². The molecular weight excluding hydrogens is 312 g/mol. The van der Waals surface area contributed by atoms with Crippen molar-refractivity contribution in [1.29, 1.82) is 5.26 Å². The van der Waals surface area contributed by atoms with Gasteiger partial charge in [0.05, 0.1) is 29.0 Å². The predicted molar refractivity (Wildman–Crippen MR) is 87.4 cm³/mol. The second kappa shape index (κ2) is 7.18. The monoisotopic (exact) mass is 330 g/mol. The van der Waals surface area contributed by atoms with Crippen LogP contribution < -0.4 is 0 Å². The number of ketones is 1. The summed E-state index contributed by atoms with van der Waals surface area (Å²) in [4.78, 5) is 17.0. The van der Waals surface area contributed by atoms with Gasteiger partial charge >= 0.3 is 0 Å². The molecule has 0 aliphatic carbocycles. The van der Waals surface area contributed by atoms with Crippen LogP contribution in [-0.4, -0.2) is 36.2 Å². The molecule has 3 atom stereocenters. The number of carbonyl (C=O) groups is 1. The van der Waals surface area contributed by atoms with Gasteiger partial charge in [0.1, 0.15) is 11.1 Å². The summed E-state index contributed by atoms with van der Waals surface area (Å²) in [5, 5.41) is 9.95. The lowest BCUT2D eigenvalue weighted by Gasteiger charge is -2.16. The van der Waals surface area contributed by atoms with Crippen molar-refractivity contribution < 1.29 is 14.3 Å². The molecule has 3 rings (SSSR count). The molecule has 1 fully saturated rings. The molecule has 1 aromatic carbocycles. The molecule has 0 N–H and O–H groups in total. The first kappa shape index (κ1) is 16.1. The topological polar surface area (TPSA) is 72.2 Å². The van der Waals surface area contributed by atoms with Gasteiger partial charge in [0, 0.05) is 6.61 Å². The lowest BCUT2D eigenvalue weighted by atomic mass is 10.0. The van der Waals surface area contributed by atoms with Crippen LogP contribution in [0.4, 0.5) is 0 Å². The summed E-state index contributed by atoms with van der Waals surface area (Å²) in [7, 11) is 0. The quantitative estimate of drug-likeness (QED) is 0.814. The molecule has 3 unspecified atom stereocenters. The molecule has 5 nitrogen and oxygen atoms in total. The summed E-state index contributed by atoms with van der Waals surface area (Å²) in [5.41, 5.74) is 0.813. The van der Waals surface area contributed by atoms with Crippen LogP contribution in [0.15, 0.2) is 24.3 Å². The lowest BCUT2D eigenvalue weighted by Crippen LogP contribution is -2.29. The molecule has 120 valence electrons. The second-order valence-corrected chi connectivity index (χ2v) is 6.66. The van der Waals surface area contributed by atoms with E-state index >= 15 is 0 Å². The van der Waals surface area contributed by atoms with Gasteiger partial charge in [-0.2, -0.15) is 5.26 Å². The molecule has 0 bridgehead atoms. The Labute approximate surface area is 138 Å². The molecule has 0 amide bonds. The number of ether oxygens (including phenoxy) is 2. The van der Waals surface area contributed by atoms with Gasteiger partial charge in [-0.3, -0.25) is 4.79 Å². The molecule has 0 saturated carbocycles. The Morgan fingerprint density at radius 3 is 3.09 bits per heavy atom. The number of hydrogen-bond acceptors (Lipinski definition) is 6. The van der Waals surface area contributed by atoms with Gasteiger partial charge in [-0.05, 0) is 31.9 Å². The van der Waals surface area contributed by atoms with Gasteiger partial charge in [0.2, 0.25) is 0 Å². The molecule has 1 saturated heterocycles. The average Bonchev–Trinajstić information content (AvgIpc) is 3.22. The Kier molecular flexibility index (Phi) is 5.01. The highest BCUT2D eigenvalue weighted by molar-refractivity contribution is 7.18. The van der Waals surface area contributed by atoms with E-state index in [1.54, 1.807) is 6.92 Å². The predicted octanol–water partition coefficient (Wildman–Crippen LogP) is 3.06. The minimum absolute atomic E-state index is 0.0632. The van der Waals surface area contributed by atoms with E-state index in [1.807, 2.05) is 24.3 Å². The Morgan fingerprint density at radius 2 is 2.39 bits per heavy atom. The molecule has 0 spiro atoms. The zero-order valence-electron chi connectivity index (χ0n) is 12.9. The third kappa shape index (κ3) is 3.58. The zero-order chi connectivity index (χ0) is 16.2. The van der Waals surface area contributed by atoms with Gasteiger partial charge in [-0.1, -0.05) is 12.1 Å². The summed E-state index contributed by atoms with van der Waals surface area (Å²) < 4.78 is 12.1. The summed E-state index contributed by atoms with van der Waals surface area (Å²) in [5.74, 6) is -1.13. The molecule has 1 aliphatic rings. The number of aromatic nitrogens is 1. The van der Waals surface area contributed by atoms with E-state index in [0.29, 0.717) is 11.6 Å². The molecule has 6 heteroatoms. The van der Waals surface area contributed by atoms with E-state index in [9.17, 15) is 10.1 Å². The van der Waals surface area contributed by atoms with Crippen LogP contribution in [0, 0.1) is 11.3 Å². The van der Waals surface area contributed by atoms with Crippen LogP contribution in [0.2, 0.25) is 0 Å². The zero-order valence-corrected chi connectivity index (χ0v) is 13.7. The van der Waals surface area contributed by atoms with Crippen molar-refractivity contribution in [1.82, 2.24) is 4.98 Å². The number of para-hydroxylation sites is 1. The first-order chi connectivity index (χ1) is 11.2. The maximum absolute atomic E-state index is 12.5. The largest absolute Gasteiger partial charge is 0.376 e. The molecule has 0 radical (unpaired) electrons. The number of hydrogen-bond donors (Lipinski definition) is 0. The second-order valence-electron chi connectivity index (χ2n) is 5.59. The fourth-order valence-electron chi connectivity index (χ4n) is 2.60. The van der Waals surface area contributed by atoms with E-state index < -0.39 is 12.0 Å². The summed E-state index contributed by atoms with van der Waals surface area (Å²) in [6, 6.07) is 9.70. The third-order valence-electron chi connectivity index (χ3n) is 3.93. The van der Waals surface area contributed by atoms with Crippen molar-refractivity contribution in [2.45, 2.75) is 37.9 Å². The van der Waals surface area contributed by atoms with Crippen molar-refractivity contribution in [3.8, 4) is 6.07 Å². The van der Waals surface area contributed by atoms with E-state index in [1.165, 1.54) is 11.3 Å². The highest BCUT2D eigenvalue weighted by Gasteiger charge is 2.29. The smallest absolute Gasteiger partial charge is 0.185 e. The molecule has 2 aromatic rings. The minimum atomic E-state index is -0.883. The molecule has 1 aromatic heterocycles. The maximum Gasteiger partial charge on any atom is 0.185 e. The van der Waals surface area contributed by atoms with Crippen molar-refractivity contribution in [3.05, 3.63) is 29.3 Å². The van der Waals surface area contributed by atoms with E-state index in [4.69, 9.17) is 9.47 Å². The fourth-order valence-corrected chi connectivity index (χ4v) is 3.62. The van der Waals surface area contributed by atoms with Crippen LogP contribution >= 0.6 is 11.3 Å². The van der Waals surface area contributed by atoms with Gasteiger partial charge in [-0.25, -0.2) is 4.98 Å². The number of carbonyl (C=O) groups excluding carboxylic acids is 1. The first-order valence-corrected chi connectivity index (χ1v) is 8.52. The Hall–Kier alpha value is -1.81. The standard InChI is InChI=1S/C17H18N2O3S/c1-11(22-10-12-5-4-8-21-12)16(20)13(9-18)17-19-14-6-2-3-7-15(14)23-17/h2-3,6-7,11-13H,4-5,8,10H2,1H3. The van der Waals surface area contributed by atoms with Crippen molar-refractivity contribution in [3.63, 3.8) is 0 Å². The number of rotatable bonds is 6. The van der Waals surface area contributed by atoms with Crippen LogP contribution in [0.1, 0.15) is 30.7 Å². The molecule has 2 heterocycles. The van der Waals surface area contributed by atoms with Gasteiger partial charge < -0.3 is 9.47 Å². The Balaban J connectivity index is 1.69. The SMILES string of the molecule is CC(OCC1CCCO1)C(=O)C(C#N)c1nc2ccccc2s1. The minimum Gasteiger partial charge on any atom is -0.376 e. The normalized spacial score (nSPS) is 20.3. The molecular formula is C17H18N2O3S. The highest BCUT2D eigenvalue weighted by atomic mass is 32.1. The Bertz CT molecular complexity index is 698. The summed E-state index contributed by atoms with van der Waals surface area (Å²) in [6.07, 6.45) is 1.41. The average molecular weight is 330 g/mol. The number of benzene rings is 1. The number of fused-ring (bicyclic) bond motifs is 1. The van der Waals surface area contributed by atoms with Crippen molar-refractivity contribution in [2.75, 3.05) is 13.2 Å². The van der Waals surface area contributed by atoms with Crippen LogP contribution in [0.25, 0.3) is 10.2 Å². The molecule has 1 aliphatic heterocycles. The number of nitrogens with zero attached hydrogens (tertiary/aromatic N) is 2. The summed E-state index contributed by atoms with van der Waals surface area (Å²) in [6.45, 7) is 2.84. The number of thiazole rings is 1. The number of Topliss-reactive ketones (excluding diaryl/α,β-unsaturated/α-hetero) is 1. The van der Waals surface area contributed by atoms with Gasteiger partial charge in [-0.15, -0.1) is 11.3 Å². The van der Waals surface area contributed by atoms with Crippen LogP contribution in [0.3, 0.4) is 0 Å². The summed E-state index contributed by atoms with van der Waals surface area (Å²) >= 11 is 1.38.